The lowest BCUT2D eigenvalue weighted by Crippen LogP contribution is -2.16. The Morgan fingerprint density at radius 1 is 1.25 bits per heavy atom. The predicted octanol–water partition coefficient (Wildman–Crippen LogP) is 1.95. The van der Waals surface area contributed by atoms with Gasteiger partial charge < -0.3 is 9.72 Å². The third kappa shape index (κ3) is 2.51. The number of carbonyl (C=O) groups is 2. The molecule has 0 amide bonds. The highest BCUT2D eigenvalue weighted by Crippen LogP contribution is 2.19. The zero-order valence-corrected chi connectivity index (χ0v) is 11.1. The van der Waals surface area contributed by atoms with Gasteiger partial charge in [-0.1, -0.05) is 29.8 Å². The molecule has 0 radical (unpaired) electrons. The van der Waals surface area contributed by atoms with Crippen molar-refractivity contribution in [2.24, 2.45) is 0 Å². The van der Waals surface area contributed by atoms with Crippen LogP contribution in [0.3, 0.4) is 0 Å². The van der Waals surface area contributed by atoms with Crippen molar-refractivity contribution in [3.8, 4) is 11.3 Å². The van der Waals surface area contributed by atoms with Crippen molar-refractivity contribution in [1.29, 1.82) is 0 Å². The fraction of sp³-hybridized carbons (Fsp3) is 0.133. The van der Waals surface area contributed by atoms with Gasteiger partial charge in [0.25, 0.3) is 0 Å². The first-order valence-corrected chi connectivity index (χ1v) is 5.94. The van der Waals surface area contributed by atoms with Crippen LogP contribution >= 0.6 is 0 Å². The number of hydrogen-bond acceptors (Lipinski definition) is 4. The van der Waals surface area contributed by atoms with Gasteiger partial charge in [-0.2, -0.15) is 0 Å². The predicted molar refractivity (Wildman–Crippen MR) is 74.0 cm³/mol. The van der Waals surface area contributed by atoms with E-state index in [4.69, 9.17) is 0 Å². The molecule has 1 aromatic heterocycles. The van der Waals surface area contributed by atoms with Gasteiger partial charge in [-0.15, -0.1) is 0 Å². The number of aldehydes is 1. The Hall–Kier alpha value is -2.69. The summed E-state index contributed by atoms with van der Waals surface area (Å²) in [7, 11) is 1.22. The molecule has 0 saturated heterocycles. The summed E-state index contributed by atoms with van der Waals surface area (Å²) >= 11 is 0. The van der Waals surface area contributed by atoms with E-state index in [-0.39, 0.29) is 11.3 Å². The SMILES string of the molecule is COC(=O)c1cc(=O)c(C=O)c(-c2ccc(C)cc2)[nH]1. The van der Waals surface area contributed by atoms with Crippen LogP contribution in [0, 0.1) is 6.92 Å². The Bertz CT molecular complexity index is 714. The zero-order valence-electron chi connectivity index (χ0n) is 11.1. The summed E-state index contributed by atoms with van der Waals surface area (Å²) in [5.41, 5.74) is 1.50. The summed E-state index contributed by atoms with van der Waals surface area (Å²) in [4.78, 5) is 37.3. The summed E-state index contributed by atoms with van der Waals surface area (Å²) in [6, 6.07) is 8.32. The molecule has 0 bridgehead atoms. The van der Waals surface area contributed by atoms with Crippen LogP contribution in [-0.4, -0.2) is 24.3 Å². The fourth-order valence-corrected chi connectivity index (χ4v) is 1.85. The van der Waals surface area contributed by atoms with Gasteiger partial charge >= 0.3 is 5.97 Å². The topological polar surface area (TPSA) is 76.2 Å². The van der Waals surface area contributed by atoms with E-state index in [0.29, 0.717) is 17.5 Å². The lowest BCUT2D eigenvalue weighted by Gasteiger charge is -2.08. The summed E-state index contributed by atoms with van der Waals surface area (Å²) in [6.07, 6.45) is 0.481. The molecule has 2 rings (SSSR count). The first kappa shape index (κ1) is 13.7. The van der Waals surface area contributed by atoms with E-state index < -0.39 is 11.4 Å². The highest BCUT2D eigenvalue weighted by Gasteiger charge is 2.15. The molecule has 0 fully saturated rings. The highest BCUT2D eigenvalue weighted by molar-refractivity contribution is 5.91. The molecule has 1 N–H and O–H groups in total. The van der Waals surface area contributed by atoms with Crippen LogP contribution in [0.4, 0.5) is 0 Å². The van der Waals surface area contributed by atoms with Crippen LogP contribution in [0.5, 0.6) is 0 Å². The fourth-order valence-electron chi connectivity index (χ4n) is 1.85. The molecule has 5 heteroatoms. The van der Waals surface area contributed by atoms with Gasteiger partial charge in [0.15, 0.2) is 11.7 Å². The van der Waals surface area contributed by atoms with Crippen LogP contribution < -0.4 is 5.43 Å². The number of pyridine rings is 1. The maximum Gasteiger partial charge on any atom is 0.354 e. The number of esters is 1. The largest absolute Gasteiger partial charge is 0.464 e. The van der Waals surface area contributed by atoms with Gasteiger partial charge in [-0.3, -0.25) is 9.59 Å². The van der Waals surface area contributed by atoms with Gasteiger partial charge in [0.05, 0.1) is 18.4 Å². The summed E-state index contributed by atoms with van der Waals surface area (Å²) in [6.45, 7) is 1.93. The molecule has 1 aromatic carbocycles. The van der Waals surface area contributed by atoms with E-state index in [1.165, 1.54) is 7.11 Å². The van der Waals surface area contributed by atoms with Crippen molar-refractivity contribution < 1.29 is 14.3 Å². The number of H-pyrrole nitrogens is 1. The minimum atomic E-state index is -0.659. The lowest BCUT2D eigenvalue weighted by molar-refractivity contribution is 0.0593. The molecule has 1 heterocycles. The third-order valence-corrected chi connectivity index (χ3v) is 2.93. The Morgan fingerprint density at radius 2 is 1.90 bits per heavy atom. The second kappa shape index (κ2) is 5.52. The van der Waals surface area contributed by atoms with Crippen LogP contribution in [0.1, 0.15) is 26.4 Å². The Labute approximate surface area is 115 Å². The van der Waals surface area contributed by atoms with Crippen LogP contribution in [-0.2, 0) is 4.74 Å². The van der Waals surface area contributed by atoms with Gasteiger partial charge in [-0.25, -0.2) is 4.79 Å². The average Bonchev–Trinajstić information content (AvgIpc) is 2.46. The van der Waals surface area contributed by atoms with E-state index in [9.17, 15) is 14.4 Å². The molecule has 0 saturated carbocycles. The van der Waals surface area contributed by atoms with Crippen LogP contribution in [0.25, 0.3) is 11.3 Å². The lowest BCUT2D eigenvalue weighted by atomic mass is 10.0. The Kier molecular flexibility index (Phi) is 3.79. The van der Waals surface area contributed by atoms with Crippen molar-refractivity contribution in [1.82, 2.24) is 4.98 Å². The van der Waals surface area contributed by atoms with E-state index in [2.05, 4.69) is 9.72 Å². The number of nitrogens with one attached hydrogen (secondary N) is 1. The number of aryl methyl sites for hydroxylation is 1. The number of ether oxygens (including phenoxy) is 1. The molecule has 20 heavy (non-hydrogen) atoms. The minimum Gasteiger partial charge on any atom is -0.464 e. The first-order valence-electron chi connectivity index (χ1n) is 5.94. The van der Waals surface area contributed by atoms with E-state index >= 15 is 0 Å². The minimum absolute atomic E-state index is 0.0125. The Balaban J connectivity index is 2.69. The van der Waals surface area contributed by atoms with Gasteiger partial charge in [0.2, 0.25) is 0 Å². The second-order valence-corrected chi connectivity index (χ2v) is 4.31. The third-order valence-electron chi connectivity index (χ3n) is 2.93. The molecule has 0 atom stereocenters. The molecule has 0 aliphatic rings. The van der Waals surface area contributed by atoms with Crippen molar-refractivity contribution in [3.63, 3.8) is 0 Å². The molecule has 5 nitrogen and oxygen atoms in total. The highest BCUT2D eigenvalue weighted by atomic mass is 16.5. The van der Waals surface area contributed by atoms with E-state index in [1.807, 2.05) is 19.1 Å². The number of aromatic nitrogens is 1. The monoisotopic (exact) mass is 271 g/mol. The van der Waals surface area contributed by atoms with Crippen molar-refractivity contribution >= 4 is 12.3 Å². The quantitative estimate of drug-likeness (QED) is 0.683. The van der Waals surface area contributed by atoms with Crippen molar-refractivity contribution in [3.05, 3.63) is 57.4 Å². The number of benzene rings is 1. The molecule has 0 aliphatic carbocycles. The molecular formula is C15H13NO4. The average molecular weight is 271 g/mol. The number of hydrogen-bond donors (Lipinski definition) is 1. The second-order valence-electron chi connectivity index (χ2n) is 4.31. The number of rotatable bonds is 3. The van der Waals surface area contributed by atoms with E-state index in [0.717, 1.165) is 11.6 Å². The summed E-state index contributed by atoms with van der Waals surface area (Å²) in [5, 5.41) is 0. The van der Waals surface area contributed by atoms with Gasteiger partial charge in [0, 0.05) is 6.07 Å². The molecular weight excluding hydrogens is 258 g/mol. The van der Waals surface area contributed by atoms with Crippen LogP contribution in [0.15, 0.2) is 35.1 Å². The van der Waals surface area contributed by atoms with Gasteiger partial charge in [0.1, 0.15) is 5.69 Å². The normalized spacial score (nSPS) is 10.1. The molecule has 2 aromatic rings. The first-order chi connectivity index (χ1) is 9.56. The summed E-state index contributed by atoms with van der Waals surface area (Å²) < 4.78 is 4.58. The maximum absolute atomic E-state index is 11.9. The number of methoxy groups -OCH3 is 1. The standard InChI is InChI=1S/C15H13NO4/c1-9-3-5-10(6-4-9)14-11(8-17)13(18)7-12(16-14)15(19)20-2/h3-8H,1-2H3,(H,16,18). The zero-order chi connectivity index (χ0) is 14.7. The number of aromatic amines is 1. The van der Waals surface area contributed by atoms with Crippen molar-refractivity contribution in [2.75, 3.05) is 7.11 Å². The maximum atomic E-state index is 11.9. The number of carbonyl (C=O) groups excluding carboxylic acids is 2. The smallest absolute Gasteiger partial charge is 0.354 e. The van der Waals surface area contributed by atoms with Crippen LogP contribution in [0.2, 0.25) is 0 Å². The van der Waals surface area contributed by atoms with E-state index in [1.54, 1.807) is 12.1 Å². The molecule has 102 valence electrons. The van der Waals surface area contributed by atoms with Crippen molar-refractivity contribution in [2.45, 2.75) is 6.92 Å². The molecule has 0 spiro atoms. The molecule has 0 aliphatic heterocycles. The molecule has 0 unspecified atom stereocenters. The summed E-state index contributed by atoms with van der Waals surface area (Å²) in [5.74, 6) is -0.659. The van der Waals surface area contributed by atoms with Gasteiger partial charge in [-0.05, 0) is 12.5 Å². The Morgan fingerprint density at radius 3 is 2.45 bits per heavy atom.